The molecule has 0 fully saturated rings. The van der Waals surface area contributed by atoms with Crippen molar-refractivity contribution >= 4 is 31.3 Å². The number of amides is 3. The lowest BCUT2D eigenvalue weighted by atomic mass is 10.0. The molecule has 0 aliphatic rings. The van der Waals surface area contributed by atoms with Crippen LogP contribution in [0.1, 0.15) is 247 Å². The van der Waals surface area contributed by atoms with Gasteiger partial charge < -0.3 is 26.0 Å². The van der Waals surface area contributed by atoms with E-state index in [1.807, 2.05) is 0 Å². The Morgan fingerprint density at radius 1 is 0.565 bits per heavy atom. The number of aliphatic hydroxyl groups excluding tert-OH is 1. The Balaban J connectivity index is 4.71. The maximum atomic E-state index is 13.3. The van der Waals surface area contributed by atoms with E-state index in [9.17, 15) is 33.7 Å². The van der Waals surface area contributed by atoms with Gasteiger partial charge in [-0.1, -0.05) is 201 Å². The van der Waals surface area contributed by atoms with Gasteiger partial charge in [0.05, 0.1) is 19.3 Å². The van der Waals surface area contributed by atoms with E-state index in [2.05, 4.69) is 29.8 Å². The van der Waals surface area contributed by atoms with Crippen molar-refractivity contribution in [1.29, 1.82) is 0 Å². The molecular formula is C49H96N3O9P. The third-order valence-corrected chi connectivity index (χ3v) is 12.7. The number of carbonyl (C=O) groups excluding carboxylic acids is 4. The van der Waals surface area contributed by atoms with Crippen LogP contribution < -0.4 is 16.0 Å². The molecule has 0 bridgehead atoms. The van der Waals surface area contributed by atoms with Gasteiger partial charge in [0.1, 0.15) is 12.1 Å². The number of phosphoric ester groups is 1. The molecule has 13 heteroatoms. The molecule has 0 radical (unpaired) electrons. The number of nitrogens with one attached hydrogen (secondary N) is 3. The van der Waals surface area contributed by atoms with Gasteiger partial charge in [-0.2, -0.15) is 0 Å². The second-order valence-electron chi connectivity index (χ2n) is 18.2. The molecule has 0 aliphatic carbocycles. The second-order valence-corrected chi connectivity index (χ2v) is 19.6. The molecule has 0 aromatic rings. The van der Waals surface area contributed by atoms with E-state index < -0.39 is 38.5 Å². The van der Waals surface area contributed by atoms with E-state index in [0.29, 0.717) is 25.7 Å². The topological polar surface area (TPSA) is 180 Å². The Morgan fingerprint density at radius 3 is 1.42 bits per heavy atom. The van der Waals surface area contributed by atoms with Crippen LogP contribution in [0.2, 0.25) is 0 Å². The quantitative estimate of drug-likeness (QED) is 0.0293. The third kappa shape index (κ3) is 38.6. The predicted molar refractivity (Wildman–Crippen MR) is 254 cm³/mol. The summed E-state index contributed by atoms with van der Waals surface area (Å²) in [6.07, 6.45) is 36.1. The monoisotopic (exact) mass is 902 g/mol. The highest BCUT2D eigenvalue weighted by atomic mass is 31.2. The lowest BCUT2D eigenvalue weighted by molar-refractivity contribution is -0.129. The summed E-state index contributed by atoms with van der Waals surface area (Å²) >= 11 is 0. The number of hydrogen-bond acceptors (Lipinski definition) is 8. The zero-order chi connectivity index (χ0) is 46.1. The van der Waals surface area contributed by atoms with E-state index in [1.165, 1.54) is 148 Å². The highest BCUT2D eigenvalue weighted by Gasteiger charge is 2.28. The Morgan fingerprint density at radius 2 is 0.984 bits per heavy atom. The van der Waals surface area contributed by atoms with E-state index in [4.69, 9.17) is 9.05 Å². The van der Waals surface area contributed by atoms with E-state index in [-0.39, 0.29) is 49.5 Å². The van der Waals surface area contributed by atoms with Crippen LogP contribution in [0, 0.1) is 5.92 Å². The fourth-order valence-corrected chi connectivity index (χ4v) is 8.51. The molecule has 0 spiro atoms. The first-order valence-electron chi connectivity index (χ1n) is 25.5. The zero-order valence-corrected chi connectivity index (χ0v) is 41.4. The van der Waals surface area contributed by atoms with E-state index in [0.717, 1.165) is 32.1 Å². The van der Waals surface area contributed by atoms with Crippen LogP contribution in [0.3, 0.4) is 0 Å². The molecule has 0 aromatic heterocycles. The van der Waals surface area contributed by atoms with Crippen LogP contribution in [-0.4, -0.2) is 71.5 Å². The van der Waals surface area contributed by atoms with Crippen molar-refractivity contribution in [3.8, 4) is 0 Å². The Kier molecular flexibility index (Phi) is 40.6. The van der Waals surface area contributed by atoms with Gasteiger partial charge in [-0.15, -0.1) is 0 Å². The van der Waals surface area contributed by atoms with E-state index >= 15 is 0 Å². The molecule has 2 unspecified atom stereocenters. The van der Waals surface area contributed by atoms with Gasteiger partial charge in [0.25, 0.3) is 0 Å². The summed E-state index contributed by atoms with van der Waals surface area (Å²) in [5.41, 5.74) is 0. The van der Waals surface area contributed by atoms with Crippen LogP contribution in [0.25, 0.3) is 0 Å². The van der Waals surface area contributed by atoms with Crippen molar-refractivity contribution in [1.82, 2.24) is 16.0 Å². The average Bonchev–Trinajstić information content (AvgIpc) is 3.22. The first-order valence-corrected chi connectivity index (χ1v) is 27.0. The lowest BCUT2D eigenvalue weighted by Gasteiger charge is -2.21. The lowest BCUT2D eigenvalue weighted by Crippen LogP contribution is -2.49. The van der Waals surface area contributed by atoms with Crippen molar-refractivity contribution in [2.75, 3.05) is 19.8 Å². The predicted octanol–water partition coefficient (Wildman–Crippen LogP) is 11.7. The number of phosphoric acid groups is 1. The molecule has 62 heavy (non-hydrogen) atoms. The fraction of sp³-hybridized carbons (Fsp3) is 0.918. The molecule has 0 aliphatic heterocycles. The van der Waals surface area contributed by atoms with Gasteiger partial charge in [-0.05, 0) is 31.6 Å². The molecule has 0 saturated carbocycles. The van der Waals surface area contributed by atoms with Crippen LogP contribution in [0.5, 0.6) is 0 Å². The number of rotatable bonds is 46. The first kappa shape index (κ1) is 60.2. The van der Waals surface area contributed by atoms with Crippen molar-refractivity contribution in [2.45, 2.75) is 265 Å². The standard InChI is InChI=1S/C49H96N3O9P/c1-6-8-10-12-14-16-18-19-20-21-22-23-25-27-29-31-33-38-47(56)52-45(41-61-62(58,59)60-40-39-50-49(57)48(42(3)4)51-43(5)53)46(55)37-34-36-44(54)35-32-30-28-26-24-17-15-13-11-9-7-2/h42,44-45,48,54H,6-41H2,1-5H3,(H,50,57)(H,51,53)(H,52,56)(H,58,59)/t44?,45-,48-/m0/s1. The van der Waals surface area contributed by atoms with Gasteiger partial charge in [-0.3, -0.25) is 28.2 Å². The van der Waals surface area contributed by atoms with Crippen LogP contribution >= 0.6 is 7.82 Å². The van der Waals surface area contributed by atoms with E-state index in [1.54, 1.807) is 13.8 Å². The number of Topliss-reactive ketones (excluding diaryl/α,β-unsaturated/α-hetero) is 1. The number of unbranched alkanes of at least 4 members (excludes halogenated alkanes) is 26. The Bertz CT molecular complexity index is 1160. The highest BCUT2D eigenvalue weighted by molar-refractivity contribution is 7.47. The number of ketones is 1. The normalized spacial score (nSPS) is 14.0. The van der Waals surface area contributed by atoms with Gasteiger partial charge >= 0.3 is 7.82 Å². The highest BCUT2D eigenvalue weighted by Crippen LogP contribution is 2.43. The fourth-order valence-electron chi connectivity index (χ4n) is 7.77. The van der Waals surface area contributed by atoms with Crippen molar-refractivity contribution in [3.63, 3.8) is 0 Å². The Labute approximate surface area is 379 Å². The molecule has 4 atom stereocenters. The summed E-state index contributed by atoms with van der Waals surface area (Å²) in [4.78, 5) is 60.6. The molecule has 366 valence electrons. The summed E-state index contributed by atoms with van der Waals surface area (Å²) in [7, 11) is -4.65. The van der Waals surface area contributed by atoms with Crippen LogP contribution in [0.4, 0.5) is 0 Å². The Hall–Kier alpha value is -1.85. The third-order valence-electron chi connectivity index (χ3n) is 11.7. The number of carbonyl (C=O) groups is 4. The zero-order valence-electron chi connectivity index (χ0n) is 40.5. The largest absolute Gasteiger partial charge is 0.472 e. The molecule has 3 amide bonds. The van der Waals surface area contributed by atoms with Gasteiger partial charge in [0.15, 0.2) is 5.78 Å². The molecule has 0 rings (SSSR count). The summed E-state index contributed by atoms with van der Waals surface area (Å²) in [5.74, 6) is -1.64. The van der Waals surface area contributed by atoms with Crippen molar-refractivity contribution in [2.24, 2.45) is 5.92 Å². The SMILES string of the molecule is CCCCCCCCCCCCCCCCCCCC(=O)N[C@@H](COP(=O)(O)OCCNC(=O)[C@@H](NC(C)=O)C(C)C)C(=O)CCCC(O)CCCCCCCCCCCCC. The molecule has 0 heterocycles. The summed E-state index contributed by atoms with van der Waals surface area (Å²) in [6, 6.07) is -1.92. The minimum atomic E-state index is -4.65. The van der Waals surface area contributed by atoms with Gasteiger partial charge in [0.2, 0.25) is 17.7 Å². The summed E-state index contributed by atoms with van der Waals surface area (Å²) < 4.78 is 23.0. The minimum Gasteiger partial charge on any atom is -0.393 e. The maximum Gasteiger partial charge on any atom is 0.472 e. The van der Waals surface area contributed by atoms with Crippen LogP contribution in [0.15, 0.2) is 0 Å². The van der Waals surface area contributed by atoms with Gasteiger partial charge in [0, 0.05) is 26.3 Å². The second kappa shape index (κ2) is 41.8. The summed E-state index contributed by atoms with van der Waals surface area (Å²) in [6.45, 7) is 8.36. The number of aliphatic hydroxyl groups is 1. The first-order chi connectivity index (χ1) is 29.8. The molecule has 0 saturated heterocycles. The molecule has 5 N–H and O–H groups in total. The number of hydrogen-bond donors (Lipinski definition) is 5. The smallest absolute Gasteiger partial charge is 0.393 e. The molecule has 0 aromatic carbocycles. The average molecular weight is 902 g/mol. The van der Waals surface area contributed by atoms with Crippen molar-refractivity contribution in [3.05, 3.63) is 0 Å². The van der Waals surface area contributed by atoms with Crippen molar-refractivity contribution < 1.29 is 42.8 Å². The minimum absolute atomic E-state index is 0.0800. The summed E-state index contributed by atoms with van der Waals surface area (Å²) in [5, 5.41) is 18.4. The van der Waals surface area contributed by atoms with Crippen LogP contribution in [-0.2, 0) is 32.8 Å². The molecule has 12 nitrogen and oxygen atoms in total. The maximum absolute atomic E-state index is 13.3. The van der Waals surface area contributed by atoms with Gasteiger partial charge in [-0.25, -0.2) is 4.57 Å². The molecular weight excluding hydrogens is 806 g/mol.